The molecule has 8 heteroatoms. The van der Waals surface area contributed by atoms with Crippen LogP contribution in [0.5, 0.6) is 5.75 Å². The molecule has 0 aromatic heterocycles. The van der Waals surface area contributed by atoms with Crippen LogP contribution in [0.3, 0.4) is 0 Å². The molecule has 0 aliphatic heterocycles. The van der Waals surface area contributed by atoms with Crippen molar-refractivity contribution >= 4 is 35.1 Å². The summed E-state index contributed by atoms with van der Waals surface area (Å²) in [7, 11) is 3.99. The summed E-state index contributed by atoms with van der Waals surface area (Å²) in [6.07, 6.45) is 0.840. The fraction of sp³-hybridized carbons (Fsp3) is 0.263. The number of rotatable bonds is 7. The van der Waals surface area contributed by atoms with Gasteiger partial charge in [-0.3, -0.25) is 4.79 Å². The molecule has 0 unspecified atom stereocenters. The van der Waals surface area contributed by atoms with E-state index in [0.29, 0.717) is 39.1 Å². The molecule has 0 spiro atoms. The van der Waals surface area contributed by atoms with Crippen LogP contribution >= 0.6 is 23.2 Å². The fourth-order valence-corrected chi connectivity index (χ4v) is 2.83. The van der Waals surface area contributed by atoms with Gasteiger partial charge in [-0.2, -0.15) is 4.99 Å². The number of benzene rings is 2. The van der Waals surface area contributed by atoms with E-state index in [-0.39, 0.29) is 5.96 Å². The lowest BCUT2D eigenvalue weighted by molar-refractivity contribution is 0.100. The molecule has 0 atom stereocenters. The molecule has 2 aromatic rings. The number of hydrogen-bond acceptors (Lipinski definition) is 3. The van der Waals surface area contributed by atoms with Crippen molar-refractivity contribution in [2.45, 2.75) is 6.42 Å². The van der Waals surface area contributed by atoms with Crippen LogP contribution in [0.4, 0.5) is 0 Å². The highest BCUT2D eigenvalue weighted by Crippen LogP contribution is 2.33. The van der Waals surface area contributed by atoms with Gasteiger partial charge < -0.3 is 21.1 Å². The van der Waals surface area contributed by atoms with Crippen molar-refractivity contribution in [2.75, 3.05) is 27.2 Å². The van der Waals surface area contributed by atoms with Crippen molar-refractivity contribution in [3.05, 3.63) is 52.0 Å². The highest BCUT2D eigenvalue weighted by atomic mass is 35.5. The number of halogens is 2. The molecule has 2 aromatic carbocycles. The number of aliphatic imine (C=N–C) groups is 1. The van der Waals surface area contributed by atoms with Crippen molar-refractivity contribution in [1.82, 2.24) is 4.90 Å². The molecule has 0 saturated heterocycles. The second-order valence-electron chi connectivity index (χ2n) is 6.22. The number of carbonyl (C=O) groups is 1. The monoisotopic (exact) mass is 408 g/mol. The summed E-state index contributed by atoms with van der Waals surface area (Å²) in [5, 5.41) is 1.04. The normalized spacial score (nSPS) is 10.7. The Bertz CT molecular complexity index is 850. The summed E-state index contributed by atoms with van der Waals surface area (Å²) in [5.41, 5.74) is 12.3. The molecule has 0 bridgehead atoms. The van der Waals surface area contributed by atoms with Gasteiger partial charge in [-0.15, -0.1) is 0 Å². The Morgan fingerprint density at radius 3 is 2.56 bits per heavy atom. The SMILES string of the molecule is CN(C)CCCOc1cc(C(=O)N=C(N)N)cc(-c2cc(Cl)ccc2Cl)c1. The molecule has 0 radical (unpaired) electrons. The molecule has 6 nitrogen and oxygen atoms in total. The summed E-state index contributed by atoms with van der Waals surface area (Å²) < 4.78 is 5.82. The Labute approximate surface area is 168 Å². The number of amides is 1. The maximum atomic E-state index is 12.3. The zero-order valence-electron chi connectivity index (χ0n) is 15.2. The molecule has 2 rings (SSSR count). The zero-order chi connectivity index (χ0) is 20.0. The Morgan fingerprint density at radius 2 is 1.89 bits per heavy atom. The minimum absolute atomic E-state index is 0.291. The number of nitrogens with zero attached hydrogens (tertiary/aromatic N) is 2. The van der Waals surface area contributed by atoms with Gasteiger partial charge in [-0.1, -0.05) is 23.2 Å². The highest BCUT2D eigenvalue weighted by molar-refractivity contribution is 6.35. The second kappa shape index (κ2) is 9.60. The Hall–Kier alpha value is -2.28. The lowest BCUT2D eigenvalue weighted by atomic mass is 10.0. The van der Waals surface area contributed by atoms with E-state index >= 15 is 0 Å². The molecule has 144 valence electrons. The van der Waals surface area contributed by atoms with Crippen LogP contribution < -0.4 is 16.2 Å². The summed E-state index contributed by atoms with van der Waals surface area (Å²) in [5.74, 6) is -0.343. The van der Waals surface area contributed by atoms with Gasteiger partial charge in [0.25, 0.3) is 5.91 Å². The first kappa shape index (κ1) is 21.0. The third kappa shape index (κ3) is 6.43. The molecule has 0 aliphatic rings. The first-order valence-electron chi connectivity index (χ1n) is 8.28. The van der Waals surface area contributed by atoms with E-state index in [1.807, 2.05) is 14.1 Å². The number of carbonyl (C=O) groups excluding carboxylic acids is 1. The predicted octanol–water partition coefficient (Wildman–Crippen LogP) is 3.40. The van der Waals surface area contributed by atoms with Crippen LogP contribution in [0.15, 0.2) is 41.4 Å². The van der Waals surface area contributed by atoms with Crippen molar-refractivity contribution < 1.29 is 9.53 Å². The molecular weight excluding hydrogens is 387 g/mol. The molecule has 0 heterocycles. The Morgan fingerprint density at radius 1 is 1.15 bits per heavy atom. The zero-order valence-corrected chi connectivity index (χ0v) is 16.7. The Kier molecular flexibility index (Phi) is 7.47. The van der Waals surface area contributed by atoms with Crippen LogP contribution in [-0.4, -0.2) is 44.0 Å². The third-order valence-electron chi connectivity index (χ3n) is 3.64. The molecule has 0 fully saturated rings. The van der Waals surface area contributed by atoms with E-state index in [9.17, 15) is 4.79 Å². The smallest absolute Gasteiger partial charge is 0.280 e. The summed E-state index contributed by atoms with van der Waals surface area (Å²) in [4.78, 5) is 18.0. The molecule has 0 saturated carbocycles. The van der Waals surface area contributed by atoms with Gasteiger partial charge in [0, 0.05) is 27.7 Å². The van der Waals surface area contributed by atoms with E-state index in [4.69, 9.17) is 39.4 Å². The van der Waals surface area contributed by atoms with Gasteiger partial charge in [0.15, 0.2) is 5.96 Å². The van der Waals surface area contributed by atoms with Crippen molar-refractivity contribution in [2.24, 2.45) is 16.5 Å². The van der Waals surface area contributed by atoms with Crippen LogP contribution in [0, 0.1) is 0 Å². The number of nitrogens with two attached hydrogens (primary N) is 2. The fourth-order valence-electron chi connectivity index (χ4n) is 2.43. The summed E-state index contributed by atoms with van der Waals surface area (Å²) >= 11 is 12.4. The van der Waals surface area contributed by atoms with E-state index in [0.717, 1.165) is 13.0 Å². The minimum Gasteiger partial charge on any atom is -0.494 e. The molecule has 27 heavy (non-hydrogen) atoms. The van der Waals surface area contributed by atoms with Gasteiger partial charge in [-0.05, 0) is 62.5 Å². The largest absolute Gasteiger partial charge is 0.494 e. The van der Waals surface area contributed by atoms with Crippen molar-refractivity contribution in [3.8, 4) is 16.9 Å². The first-order chi connectivity index (χ1) is 12.8. The standard InChI is InChI=1S/C19H22Cl2N4O2/c1-25(2)6-3-7-27-15-9-12(16-11-14(20)4-5-17(16)21)8-13(10-15)18(26)24-19(22)23/h4-5,8-11H,3,6-7H2,1-2H3,(H4,22,23,24,26). The maximum Gasteiger partial charge on any atom is 0.280 e. The molecular formula is C19H22Cl2N4O2. The molecule has 0 aliphatic carbocycles. The highest BCUT2D eigenvalue weighted by Gasteiger charge is 2.13. The van der Waals surface area contributed by atoms with E-state index in [2.05, 4.69) is 9.89 Å². The van der Waals surface area contributed by atoms with E-state index in [1.165, 1.54) is 0 Å². The van der Waals surface area contributed by atoms with Gasteiger partial charge in [0.2, 0.25) is 0 Å². The number of guanidine groups is 1. The number of ether oxygens (including phenoxy) is 1. The predicted molar refractivity (Wildman–Crippen MR) is 111 cm³/mol. The quantitative estimate of drug-likeness (QED) is 0.415. The molecule has 1 amide bonds. The van der Waals surface area contributed by atoms with Crippen LogP contribution in [0.1, 0.15) is 16.8 Å². The summed E-state index contributed by atoms with van der Waals surface area (Å²) in [6.45, 7) is 1.39. The lowest BCUT2D eigenvalue weighted by Gasteiger charge is -2.13. The second-order valence-corrected chi connectivity index (χ2v) is 7.06. The first-order valence-corrected chi connectivity index (χ1v) is 9.04. The average molecular weight is 409 g/mol. The number of hydrogen-bond donors (Lipinski definition) is 2. The van der Waals surface area contributed by atoms with Gasteiger partial charge in [-0.25, -0.2) is 0 Å². The van der Waals surface area contributed by atoms with Crippen molar-refractivity contribution in [1.29, 1.82) is 0 Å². The third-order valence-corrected chi connectivity index (χ3v) is 4.21. The summed E-state index contributed by atoms with van der Waals surface area (Å²) in [6, 6.07) is 10.2. The molecule has 4 N–H and O–H groups in total. The van der Waals surface area contributed by atoms with Gasteiger partial charge in [0.1, 0.15) is 5.75 Å². The van der Waals surface area contributed by atoms with Crippen LogP contribution in [0.2, 0.25) is 10.0 Å². The lowest BCUT2D eigenvalue weighted by Crippen LogP contribution is -2.24. The van der Waals surface area contributed by atoms with Gasteiger partial charge >= 0.3 is 0 Å². The van der Waals surface area contributed by atoms with Gasteiger partial charge in [0.05, 0.1) is 6.61 Å². The Balaban J connectivity index is 2.40. The van der Waals surface area contributed by atoms with E-state index in [1.54, 1.807) is 36.4 Å². The van der Waals surface area contributed by atoms with Crippen molar-refractivity contribution in [3.63, 3.8) is 0 Å². The van der Waals surface area contributed by atoms with Crippen LogP contribution in [-0.2, 0) is 0 Å². The topological polar surface area (TPSA) is 93.9 Å². The minimum atomic E-state index is -0.562. The maximum absolute atomic E-state index is 12.3. The van der Waals surface area contributed by atoms with Crippen LogP contribution in [0.25, 0.3) is 11.1 Å². The average Bonchev–Trinajstić information content (AvgIpc) is 2.60. The van der Waals surface area contributed by atoms with E-state index < -0.39 is 5.91 Å².